The van der Waals surface area contributed by atoms with E-state index in [0.29, 0.717) is 0 Å². The predicted octanol–water partition coefficient (Wildman–Crippen LogP) is 5.44. The highest BCUT2D eigenvalue weighted by molar-refractivity contribution is 5.77. The topological polar surface area (TPSA) is 90.5 Å². The summed E-state index contributed by atoms with van der Waals surface area (Å²) in [7, 11) is 0. The van der Waals surface area contributed by atoms with Crippen molar-refractivity contribution in [1.29, 1.82) is 0 Å². The van der Waals surface area contributed by atoms with Crippen molar-refractivity contribution >= 4 is 46.4 Å². The quantitative estimate of drug-likeness (QED) is 0.314. The van der Waals surface area contributed by atoms with Gasteiger partial charge in [-0.25, -0.2) is 15.0 Å². The molecule has 4 aromatic heterocycles. The van der Waals surface area contributed by atoms with Gasteiger partial charge in [0.25, 0.3) is 0 Å². The van der Waals surface area contributed by atoms with Gasteiger partial charge in [-0.05, 0) is 78.9 Å². The van der Waals surface area contributed by atoms with Crippen LogP contribution in [0, 0.1) is 0 Å². The molecule has 0 saturated heterocycles. The van der Waals surface area contributed by atoms with E-state index < -0.39 is 0 Å². The van der Waals surface area contributed by atoms with E-state index in [9.17, 15) is 0 Å². The van der Waals surface area contributed by atoms with E-state index in [1.54, 1.807) is 12.1 Å². The minimum atomic E-state index is 0.0718. The third kappa shape index (κ3) is 4.59. The third-order valence-corrected chi connectivity index (χ3v) is 4.69. The number of aromatic amines is 2. The van der Waals surface area contributed by atoms with Crippen molar-refractivity contribution in [3.05, 3.63) is 95.7 Å². The van der Waals surface area contributed by atoms with Gasteiger partial charge in [0, 0.05) is 34.3 Å². The number of aromatic hydroxyl groups is 1. The zero-order valence-electron chi connectivity index (χ0n) is 16.5. The van der Waals surface area contributed by atoms with Crippen LogP contribution >= 0.6 is 0 Å². The number of fused-ring (bicyclic) bond motifs is 8. The molecular formula is C25H19N5O. The molecule has 8 bridgehead atoms. The molecule has 3 N–H and O–H groups in total. The lowest BCUT2D eigenvalue weighted by atomic mass is 10.3. The normalized spacial score (nSPS) is 11.7. The minimum absolute atomic E-state index is 0.0718. The number of hydrogen-bond donors (Lipinski definition) is 3. The maximum atomic E-state index is 8.52. The van der Waals surface area contributed by atoms with Crippen molar-refractivity contribution in [2.75, 3.05) is 0 Å². The predicted molar refractivity (Wildman–Crippen MR) is 125 cm³/mol. The summed E-state index contributed by atoms with van der Waals surface area (Å²) in [6.07, 6.45) is 9.63. The fourth-order valence-electron chi connectivity index (χ4n) is 3.30. The van der Waals surface area contributed by atoms with Crippen molar-refractivity contribution in [2.24, 2.45) is 0 Å². The molecule has 0 fully saturated rings. The van der Waals surface area contributed by atoms with Crippen molar-refractivity contribution in [2.45, 2.75) is 0 Å². The number of H-pyrrole nitrogens is 2. The number of rotatable bonds is 0. The van der Waals surface area contributed by atoms with Gasteiger partial charge in [0.2, 0.25) is 5.88 Å². The van der Waals surface area contributed by atoms with Gasteiger partial charge in [0.05, 0.1) is 22.8 Å². The van der Waals surface area contributed by atoms with Gasteiger partial charge in [0.15, 0.2) is 0 Å². The van der Waals surface area contributed by atoms with Crippen LogP contribution < -0.4 is 0 Å². The highest BCUT2D eigenvalue weighted by Gasteiger charge is 2.01. The van der Waals surface area contributed by atoms with Gasteiger partial charge in [-0.15, -0.1) is 0 Å². The molecule has 0 aromatic carbocycles. The van der Waals surface area contributed by atoms with Crippen LogP contribution in [0.3, 0.4) is 0 Å². The zero-order valence-corrected chi connectivity index (χ0v) is 16.5. The molecule has 6 heteroatoms. The van der Waals surface area contributed by atoms with E-state index in [2.05, 4.69) is 49.2 Å². The Morgan fingerprint density at radius 3 is 1.26 bits per heavy atom. The summed E-state index contributed by atoms with van der Waals surface area (Å²) in [5.74, 6) is 0.0718. The maximum Gasteiger partial charge on any atom is 0.210 e. The van der Waals surface area contributed by atoms with Crippen molar-refractivity contribution in [3.8, 4) is 5.88 Å². The first kappa shape index (κ1) is 18.6. The van der Waals surface area contributed by atoms with Crippen molar-refractivity contribution < 1.29 is 5.11 Å². The second kappa shape index (κ2) is 8.12. The molecule has 0 radical (unpaired) electrons. The molecule has 4 aromatic rings. The highest BCUT2D eigenvalue weighted by atomic mass is 16.3. The lowest BCUT2D eigenvalue weighted by Gasteiger charge is -1.85. The van der Waals surface area contributed by atoms with E-state index in [1.807, 2.05) is 48.6 Å². The summed E-state index contributed by atoms with van der Waals surface area (Å²) in [5.41, 5.74) is 7.86. The molecule has 0 aliphatic carbocycles. The first-order valence-corrected chi connectivity index (χ1v) is 9.84. The Hall–Kier alpha value is -4.45. The second-order valence-electron chi connectivity index (χ2n) is 7.09. The molecule has 2 aliphatic heterocycles. The highest BCUT2D eigenvalue weighted by Crippen LogP contribution is 2.16. The van der Waals surface area contributed by atoms with Crippen molar-refractivity contribution in [1.82, 2.24) is 24.9 Å². The van der Waals surface area contributed by atoms with Gasteiger partial charge in [-0.2, -0.15) is 0 Å². The zero-order chi connectivity index (χ0) is 21.0. The van der Waals surface area contributed by atoms with Gasteiger partial charge in [-0.3, -0.25) is 0 Å². The molecule has 0 unspecified atom stereocenters. The molecule has 31 heavy (non-hydrogen) atoms. The molecule has 6 rings (SSSR count). The summed E-state index contributed by atoms with van der Waals surface area (Å²) in [4.78, 5) is 19.6. The number of hydrogen-bond acceptors (Lipinski definition) is 4. The Morgan fingerprint density at radius 2 is 0.968 bits per heavy atom. The van der Waals surface area contributed by atoms with E-state index in [1.165, 1.54) is 12.3 Å². The summed E-state index contributed by atoms with van der Waals surface area (Å²) in [6.45, 7) is 0. The second-order valence-corrected chi connectivity index (χ2v) is 7.09. The Labute approximate surface area is 178 Å². The number of aromatic nitrogens is 5. The van der Waals surface area contributed by atoms with Crippen LogP contribution in [0.2, 0.25) is 0 Å². The first-order chi connectivity index (χ1) is 15.2. The smallest absolute Gasteiger partial charge is 0.210 e. The summed E-state index contributed by atoms with van der Waals surface area (Å²) >= 11 is 0. The Balaban J connectivity index is 0.000000250. The first-order valence-electron chi connectivity index (χ1n) is 9.84. The third-order valence-electron chi connectivity index (χ3n) is 4.69. The standard InChI is InChI=1S/C20H14N4.C5H5NO/c1-2-14-10-16-5-6-18(23-16)12-20-8-7-19(24-20)11-17-4-3-15(22-17)9-13(1)21-14;7-5-3-1-2-4-6-5/h1-12,21,24H;1-4H,(H,6,7). The van der Waals surface area contributed by atoms with Gasteiger partial charge < -0.3 is 15.1 Å². The molecule has 0 amide bonds. The molecule has 0 atom stereocenters. The van der Waals surface area contributed by atoms with Gasteiger partial charge in [0.1, 0.15) is 0 Å². The molecular weight excluding hydrogens is 386 g/mol. The number of nitrogens with one attached hydrogen (secondary N) is 2. The SMILES string of the molecule is C1=Cc2cc3ccc(cc4nc(cc5ccc(cc1n2)[nH]5)C=C4)[nH]3.Oc1ccccn1. The molecule has 2 aliphatic rings. The molecule has 0 saturated carbocycles. The van der Waals surface area contributed by atoms with Crippen LogP contribution in [0.4, 0.5) is 0 Å². The molecule has 6 nitrogen and oxygen atoms in total. The molecule has 0 spiro atoms. The summed E-state index contributed by atoms with van der Waals surface area (Å²) in [6, 6.07) is 21.4. The Kier molecular flexibility index (Phi) is 4.86. The van der Waals surface area contributed by atoms with E-state index in [4.69, 9.17) is 5.11 Å². The molecule has 150 valence electrons. The Morgan fingerprint density at radius 1 is 0.548 bits per heavy atom. The van der Waals surface area contributed by atoms with E-state index in [0.717, 1.165) is 44.8 Å². The number of nitrogens with zero attached hydrogens (tertiary/aromatic N) is 3. The Bertz CT molecular complexity index is 1270. The van der Waals surface area contributed by atoms with Crippen LogP contribution in [0.1, 0.15) is 22.8 Å². The largest absolute Gasteiger partial charge is 0.493 e. The monoisotopic (exact) mass is 405 g/mol. The lowest BCUT2D eigenvalue weighted by molar-refractivity contribution is 0.453. The number of pyridine rings is 1. The van der Waals surface area contributed by atoms with Crippen LogP contribution in [0.25, 0.3) is 46.4 Å². The summed E-state index contributed by atoms with van der Waals surface area (Å²) < 4.78 is 0. The van der Waals surface area contributed by atoms with Crippen LogP contribution in [-0.2, 0) is 0 Å². The van der Waals surface area contributed by atoms with E-state index in [-0.39, 0.29) is 5.88 Å². The van der Waals surface area contributed by atoms with Crippen LogP contribution in [-0.4, -0.2) is 30.0 Å². The minimum Gasteiger partial charge on any atom is -0.493 e. The fourth-order valence-corrected chi connectivity index (χ4v) is 3.30. The van der Waals surface area contributed by atoms with Crippen molar-refractivity contribution in [3.63, 3.8) is 0 Å². The maximum absolute atomic E-state index is 8.52. The molecule has 6 heterocycles. The van der Waals surface area contributed by atoms with E-state index >= 15 is 0 Å². The average Bonchev–Trinajstić information content (AvgIpc) is 3.55. The van der Waals surface area contributed by atoms with Crippen LogP contribution in [0.5, 0.6) is 5.88 Å². The van der Waals surface area contributed by atoms with Gasteiger partial charge >= 0.3 is 0 Å². The van der Waals surface area contributed by atoms with Crippen LogP contribution in [0.15, 0.2) is 72.9 Å². The summed E-state index contributed by atoms with van der Waals surface area (Å²) in [5, 5.41) is 8.52. The fraction of sp³-hybridized carbons (Fsp3) is 0. The average molecular weight is 405 g/mol. The lowest BCUT2D eigenvalue weighted by Crippen LogP contribution is -1.75. The van der Waals surface area contributed by atoms with Gasteiger partial charge in [-0.1, -0.05) is 6.07 Å².